The van der Waals surface area contributed by atoms with Crippen molar-refractivity contribution in [2.45, 2.75) is 45.8 Å². The van der Waals surface area contributed by atoms with E-state index < -0.39 is 0 Å². The molecule has 1 saturated heterocycles. The summed E-state index contributed by atoms with van der Waals surface area (Å²) >= 11 is 2.05. The highest BCUT2D eigenvalue weighted by atomic mass is 32.2. The molecule has 1 aromatic rings. The summed E-state index contributed by atoms with van der Waals surface area (Å²) in [6, 6.07) is 0. The second kappa shape index (κ2) is 6.20. The van der Waals surface area contributed by atoms with Crippen LogP contribution in [0.4, 0.5) is 11.6 Å². The summed E-state index contributed by atoms with van der Waals surface area (Å²) in [5, 5.41) is 3.42. The average molecular weight is 294 g/mol. The maximum absolute atomic E-state index is 4.70. The summed E-state index contributed by atoms with van der Waals surface area (Å²) in [6.45, 7) is 14.0. The summed E-state index contributed by atoms with van der Waals surface area (Å²) in [4.78, 5) is 11.7. The van der Waals surface area contributed by atoms with Gasteiger partial charge in [0.1, 0.15) is 17.5 Å². The molecular weight excluding hydrogens is 268 g/mol. The first-order valence-electron chi connectivity index (χ1n) is 7.41. The Labute approximate surface area is 126 Å². The highest BCUT2D eigenvalue weighted by Crippen LogP contribution is 2.33. The summed E-state index contributed by atoms with van der Waals surface area (Å²) < 4.78 is 0.292. The van der Waals surface area contributed by atoms with Gasteiger partial charge >= 0.3 is 0 Å². The number of nitrogens with zero attached hydrogens (tertiary/aromatic N) is 3. The molecule has 20 heavy (non-hydrogen) atoms. The molecule has 0 aromatic carbocycles. The van der Waals surface area contributed by atoms with E-state index in [1.54, 1.807) is 0 Å². The fourth-order valence-electron chi connectivity index (χ4n) is 2.53. The molecule has 1 N–H and O–H groups in total. The van der Waals surface area contributed by atoms with Crippen molar-refractivity contribution in [3.8, 4) is 0 Å². The third kappa shape index (κ3) is 3.57. The third-order valence-corrected chi connectivity index (χ3v) is 4.80. The van der Waals surface area contributed by atoms with Crippen LogP contribution in [0.25, 0.3) is 0 Å². The molecular formula is C15H26N4S. The van der Waals surface area contributed by atoms with Gasteiger partial charge < -0.3 is 10.2 Å². The lowest BCUT2D eigenvalue weighted by atomic mass is 10.1. The van der Waals surface area contributed by atoms with Gasteiger partial charge in [-0.2, -0.15) is 11.8 Å². The molecule has 0 saturated carbocycles. The third-order valence-electron chi connectivity index (χ3n) is 3.50. The van der Waals surface area contributed by atoms with Gasteiger partial charge in [-0.15, -0.1) is 0 Å². The number of nitrogens with one attached hydrogen (secondary N) is 1. The van der Waals surface area contributed by atoms with Crippen LogP contribution in [0.2, 0.25) is 0 Å². The van der Waals surface area contributed by atoms with Crippen molar-refractivity contribution < 1.29 is 0 Å². The largest absolute Gasteiger partial charge is 0.370 e. The average Bonchev–Trinajstić information content (AvgIpc) is 2.38. The molecule has 0 unspecified atom stereocenters. The molecule has 0 aliphatic carbocycles. The van der Waals surface area contributed by atoms with Gasteiger partial charge in [-0.05, 0) is 34.1 Å². The Morgan fingerprint density at radius 2 is 2.05 bits per heavy atom. The minimum Gasteiger partial charge on any atom is -0.370 e. The zero-order valence-corrected chi connectivity index (χ0v) is 14.1. The van der Waals surface area contributed by atoms with Crippen molar-refractivity contribution in [1.82, 2.24) is 9.97 Å². The van der Waals surface area contributed by atoms with E-state index in [4.69, 9.17) is 4.98 Å². The number of aromatic nitrogens is 2. The Kier molecular flexibility index (Phi) is 4.78. The molecule has 0 radical (unpaired) electrons. The van der Waals surface area contributed by atoms with E-state index in [2.05, 4.69) is 42.9 Å². The van der Waals surface area contributed by atoms with Gasteiger partial charge in [-0.1, -0.05) is 6.92 Å². The van der Waals surface area contributed by atoms with Crippen LogP contribution in [-0.2, 0) is 0 Å². The number of rotatable bonds is 4. The van der Waals surface area contributed by atoms with Gasteiger partial charge in [0.25, 0.3) is 0 Å². The molecule has 2 heterocycles. The first kappa shape index (κ1) is 15.4. The molecule has 1 aliphatic heterocycles. The van der Waals surface area contributed by atoms with Crippen LogP contribution in [0, 0.1) is 13.8 Å². The highest BCUT2D eigenvalue weighted by Gasteiger charge is 2.29. The van der Waals surface area contributed by atoms with Crippen molar-refractivity contribution in [2.24, 2.45) is 0 Å². The number of hydrogen-bond acceptors (Lipinski definition) is 5. The van der Waals surface area contributed by atoms with E-state index in [-0.39, 0.29) is 0 Å². The predicted octanol–water partition coefficient (Wildman–Crippen LogP) is 3.25. The van der Waals surface area contributed by atoms with E-state index in [1.165, 1.54) is 5.56 Å². The zero-order valence-electron chi connectivity index (χ0n) is 13.3. The highest BCUT2D eigenvalue weighted by molar-refractivity contribution is 8.00. The molecule has 1 fully saturated rings. The van der Waals surface area contributed by atoms with Crippen molar-refractivity contribution in [1.29, 1.82) is 0 Å². The van der Waals surface area contributed by atoms with Crippen molar-refractivity contribution >= 4 is 23.4 Å². The summed E-state index contributed by atoms with van der Waals surface area (Å²) in [5.74, 6) is 4.10. The topological polar surface area (TPSA) is 41.1 Å². The molecule has 5 heteroatoms. The van der Waals surface area contributed by atoms with Crippen LogP contribution >= 0.6 is 11.8 Å². The van der Waals surface area contributed by atoms with Crippen LogP contribution in [0.15, 0.2) is 0 Å². The molecule has 1 aliphatic rings. The monoisotopic (exact) mass is 294 g/mol. The Hall–Kier alpha value is -0.970. The second-order valence-electron chi connectivity index (χ2n) is 6.02. The molecule has 1 aromatic heterocycles. The predicted molar refractivity (Wildman–Crippen MR) is 89.0 cm³/mol. The fraction of sp³-hybridized carbons (Fsp3) is 0.733. The minimum atomic E-state index is 0.292. The molecule has 0 bridgehead atoms. The van der Waals surface area contributed by atoms with E-state index in [0.29, 0.717) is 4.75 Å². The quantitative estimate of drug-likeness (QED) is 0.923. The molecule has 0 atom stereocenters. The SMILES string of the molecule is CCCNc1nc(C)nc(N2CCSC(C)(C)C2)c1C. The van der Waals surface area contributed by atoms with Gasteiger partial charge in [0.05, 0.1) is 0 Å². The summed E-state index contributed by atoms with van der Waals surface area (Å²) in [5.41, 5.74) is 1.17. The molecule has 112 valence electrons. The smallest absolute Gasteiger partial charge is 0.137 e. The van der Waals surface area contributed by atoms with Crippen molar-refractivity contribution in [2.75, 3.05) is 35.6 Å². The minimum absolute atomic E-state index is 0.292. The first-order chi connectivity index (χ1) is 9.43. The van der Waals surface area contributed by atoms with Crippen LogP contribution < -0.4 is 10.2 Å². The van der Waals surface area contributed by atoms with E-state index in [0.717, 1.165) is 49.3 Å². The molecule has 0 spiro atoms. The van der Waals surface area contributed by atoms with E-state index in [9.17, 15) is 0 Å². The lowest BCUT2D eigenvalue weighted by Crippen LogP contribution is -2.44. The first-order valence-corrected chi connectivity index (χ1v) is 8.39. The standard InChI is InChI=1S/C15H26N4S/c1-6-7-16-13-11(2)14(18-12(3)17-13)19-8-9-20-15(4,5)10-19/h6-10H2,1-5H3,(H,16,17,18). The second-order valence-corrected chi connectivity index (χ2v) is 7.83. The number of thioether (sulfide) groups is 1. The lowest BCUT2D eigenvalue weighted by Gasteiger charge is -2.39. The van der Waals surface area contributed by atoms with E-state index in [1.807, 2.05) is 18.7 Å². The molecule has 2 rings (SSSR count). The van der Waals surface area contributed by atoms with Gasteiger partial charge in [-0.3, -0.25) is 0 Å². The van der Waals surface area contributed by atoms with Gasteiger partial charge in [0.2, 0.25) is 0 Å². The summed E-state index contributed by atoms with van der Waals surface area (Å²) in [6.07, 6.45) is 1.10. The Morgan fingerprint density at radius 3 is 2.70 bits per heavy atom. The van der Waals surface area contributed by atoms with Crippen molar-refractivity contribution in [3.05, 3.63) is 11.4 Å². The zero-order chi connectivity index (χ0) is 14.8. The van der Waals surface area contributed by atoms with Gasteiger partial charge in [-0.25, -0.2) is 9.97 Å². The number of anilines is 2. The van der Waals surface area contributed by atoms with Gasteiger partial charge in [0.15, 0.2) is 0 Å². The van der Waals surface area contributed by atoms with Crippen LogP contribution in [0.5, 0.6) is 0 Å². The van der Waals surface area contributed by atoms with Crippen LogP contribution in [0.1, 0.15) is 38.6 Å². The van der Waals surface area contributed by atoms with Crippen LogP contribution in [0.3, 0.4) is 0 Å². The molecule has 4 nitrogen and oxygen atoms in total. The maximum atomic E-state index is 4.70. The molecule has 0 amide bonds. The lowest BCUT2D eigenvalue weighted by molar-refractivity contribution is 0.639. The van der Waals surface area contributed by atoms with Crippen LogP contribution in [-0.4, -0.2) is 40.1 Å². The Bertz CT molecular complexity index is 473. The number of aryl methyl sites for hydroxylation is 1. The van der Waals surface area contributed by atoms with Gasteiger partial charge in [0, 0.05) is 35.7 Å². The van der Waals surface area contributed by atoms with E-state index >= 15 is 0 Å². The van der Waals surface area contributed by atoms with Crippen molar-refractivity contribution in [3.63, 3.8) is 0 Å². The number of hydrogen-bond donors (Lipinski definition) is 1. The fourth-order valence-corrected chi connectivity index (χ4v) is 3.65. The Balaban J connectivity index is 2.28. The summed E-state index contributed by atoms with van der Waals surface area (Å²) in [7, 11) is 0. The Morgan fingerprint density at radius 1 is 1.30 bits per heavy atom. The maximum Gasteiger partial charge on any atom is 0.137 e. The normalized spacial score (nSPS) is 18.1.